The molecule has 0 aliphatic carbocycles. The molecule has 2 aromatic rings. The van der Waals surface area contributed by atoms with E-state index < -0.39 is 33.2 Å². The third-order valence-electron chi connectivity index (χ3n) is 4.66. The van der Waals surface area contributed by atoms with Crippen molar-refractivity contribution >= 4 is 27.1 Å². The van der Waals surface area contributed by atoms with Crippen LogP contribution in [0.5, 0.6) is 0 Å². The smallest absolute Gasteiger partial charge is 0.340 e. The molecule has 1 unspecified atom stereocenters. The number of carbonyl (C=O) groups is 1. The Bertz CT molecular complexity index is 1060. The van der Waals surface area contributed by atoms with E-state index in [4.69, 9.17) is 9.88 Å². The predicted molar refractivity (Wildman–Crippen MR) is 95.8 cm³/mol. The summed E-state index contributed by atoms with van der Waals surface area (Å²) in [6.07, 6.45) is 0.429. The summed E-state index contributed by atoms with van der Waals surface area (Å²) in [5.74, 6) is -2.76. The van der Waals surface area contributed by atoms with E-state index in [1.54, 1.807) is 6.92 Å². The molecule has 5 nitrogen and oxygen atoms in total. The number of primary sulfonamides is 1. The minimum Gasteiger partial charge on any atom is -0.451 e. The van der Waals surface area contributed by atoms with Crippen LogP contribution in [-0.2, 0) is 19.6 Å². The van der Waals surface area contributed by atoms with Gasteiger partial charge in [0, 0.05) is 5.57 Å². The molecule has 0 saturated heterocycles. The molecule has 0 radical (unpaired) electrons. The van der Waals surface area contributed by atoms with E-state index in [0.29, 0.717) is 17.6 Å². The molecular formula is C19H17F2NO4S. The first-order chi connectivity index (χ1) is 12.6. The molecule has 0 amide bonds. The van der Waals surface area contributed by atoms with Gasteiger partial charge in [-0.15, -0.1) is 0 Å². The lowest BCUT2D eigenvalue weighted by Crippen LogP contribution is -2.26. The molecule has 2 N–H and O–H groups in total. The Morgan fingerprint density at radius 1 is 1.04 bits per heavy atom. The molecule has 142 valence electrons. The Kier molecular flexibility index (Phi) is 4.65. The largest absolute Gasteiger partial charge is 0.451 e. The van der Waals surface area contributed by atoms with Crippen LogP contribution in [-0.4, -0.2) is 20.0 Å². The summed E-state index contributed by atoms with van der Waals surface area (Å²) >= 11 is 0. The number of cyclic esters (lactones) is 1. The molecule has 1 aliphatic heterocycles. The van der Waals surface area contributed by atoms with Crippen LogP contribution in [0.4, 0.5) is 8.78 Å². The van der Waals surface area contributed by atoms with Crippen LogP contribution in [0.15, 0.2) is 47.4 Å². The SMILES string of the molecule is CCC1(C)OC(=O)C(c2ccc(F)c(F)c2)=C1c1ccc(S(N)(=O)=O)cc1. The van der Waals surface area contributed by atoms with E-state index in [9.17, 15) is 22.0 Å². The van der Waals surface area contributed by atoms with Crippen molar-refractivity contribution in [3.8, 4) is 0 Å². The minimum absolute atomic E-state index is 0.0790. The molecule has 0 bridgehead atoms. The van der Waals surface area contributed by atoms with Gasteiger partial charge < -0.3 is 4.74 Å². The molecule has 27 heavy (non-hydrogen) atoms. The lowest BCUT2D eigenvalue weighted by atomic mass is 9.84. The molecule has 3 rings (SSSR count). The molecule has 1 atom stereocenters. The number of ether oxygens (including phenoxy) is 1. The van der Waals surface area contributed by atoms with E-state index in [-0.39, 0.29) is 16.0 Å². The topological polar surface area (TPSA) is 86.5 Å². The van der Waals surface area contributed by atoms with Crippen LogP contribution >= 0.6 is 0 Å². The van der Waals surface area contributed by atoms with E-state index >= 15 is 0 Å². The monoisotopic (exact) mass is 393 g/mol. The molecule has 2 aromatic carbocycles. The second kappa shape index (κ2) is 6.54. The molecule has 1 heterocycles. The van der Waals surface area contributed by atoms with Crippen molar-refractivity contribution in [2.24, 2.45) is 5.14 Å². The maximum Gasteiger partial charge on any atom is 0.340 e. The van der Waals surface area contributed by atoms with Gasteiger partial charge in [-0.1, -0.05) is 25.1 Å². The summed E-state index contributed by atoms with van der Waals surface area (Å²) < 4.78 is 55.5. The van der Waals surface area contributed by atoms with Gasteiger partial charge in [0.05, 0.1) is 10.5 Å². The Balaban J connectivity index is 2.25. The van der Waals surface area contributed by atoms with Gasteiger partial charge in [0.25, 0.3) is 0 Å². The van der Waals surface area contributed by atoms with Crippen molar-refractivity contribution in [3.63, 3.8) is 0 Å². The molecular weight excluding hydrogens is 376 g/mol. The fourth-order valence-corrected chi connectivity index (χ4v) is 3.61. The van der Waals surface area contributed by atoms with E-state index in [1.807, 2.05) is 6.92 Å². The molecule has 0 aromatic heterocycles. The first kappa shape index (κ1) is 19.2. The molecule has 0 spiro atoms. The first-order valence-corrected chi connectivity index (χ1v) is 9.68. The Labute approximate surface area is 155 Å². The number of esters is 1. The summed E-state index contributed by atoms with van der Waals surface area (Å²) in [5.41, 5.74) is 0.294. The zero-order valence-corrected chi connectivity index (χ0v) is 15.4. The third-order valence-corrected chi connectivity index (χ3v) is 5.58. The fourth-order valence-electron chi connectivity index (χ4n) is 3.10. The van der Waals surface area contributed by atoms with Crippen LogP contribution in [0, 0.1) is 11.6 Å². The van der Waals surface area contributed by atoms with Crippen molar-refractivity contribution in [3.05, 3.63) is 65.2 Å². The van der Waals surface area contributed by atoms with Gasteiger partial charge in [0.2, 0.25) is 10.0 Å². The Morgan fingerprint density at radius 3 is 2.15 bits per heavy atom. The van der Waals surface area contributed by atoms with E-state index in [1.165, 1.54) is 30.3 Å². The second-order valence-electron chi connectivity index (χ2n) is 6.42. The van der Waals surface area contributed by atoms with Crippen molar-refractivity contribution in [1.82, 2.24) is 0 Å². The van der Waals surface area contributed by atoms with Gasteiger partial charge >= 0.3 is 5.97 Å². The third kappa shape index (κ3) is 3.38. The number of sulfonamides is 1. The maximum atomic E-state index is 13.7. The van der Waals surface area contributed by atoms with Gasteiger partial charge in [0.1, 0.15) is 5.60 Å². The summed E-state index contributed by atoms with van der Waals surface area (Å²) in [6, 6.07) is 8.82. The van der Waals surface area contributed by atoms with Crippen molar-refractivity contribution in [1.29, 1.82) is 0 Å². The average molecular weight is 393 g/mol. The van der Waals surface area contributed by atoms with Gasteiger partial charge in [-0.3, -0.25) is 0 Å². The van der Waals surface area contributed by atoms with Gasteiger partial charge in [-0.2, -0.15) is 0 Å². The Morgan fingerprint density at radius 2 is 1.63 bits per heavy atom. The van der Waals surface area contributed by atoms with Gasteiger partial charge in [-0.25, -0.2) is 27.1 Å². The molecule has 8 heteroatoms. The molecule has 0 saturated carbocycles. The maximum absolute atomic E-state index is 13.7. The van der Waals surface area contributed by atoms with Crippen molar-refractivity contribution < 1.29 is 26.7 Å². The number of hydrogen-bond donors (Lipinski definition) is 1. The quantitative estimate of drug-likeness (QED) is 0.808. The summed E-state index contributed by atoms with van der Waals surface area (Å²) in [6.45, 7) is 3.53. The lowest BCUT2D eigenvalue weighted by Gasteiger charge is -2.25. The zero-order valence-electron chi connectivity index (χ0n) is 14.6. The second-order valence-corrected chi connectivity index (χ2v) is 7.98. The number of halogens is 2. The van der Waals surface area contributed by atoms with Crippen LogP contribution < -0.4 is 5.14 Å². The Hall–Kier alpha value is -2.58. The molecule has 0 fully saturated rings. The van der Waals surface area contributed by atoms with Crippen LogP contribution in [0.1, 0.15) is 31.4 Å². The predicted octanol–water partition coefficient (Wildman–Crippen LogP) is 3.25. The number of carbonyl (C=O) groups excluding carboxylic acids is 1. The number of rotatable bonds is 4. The number of hydrogen-bond acceptors (Lipinski definition) is 4. The van der Waals surface area contributed by atoms with Crippen LogP contribution in [0.2, 0.25) is 0 Å². The van der Waals surface area contributed by atoms with Gasteiger partial charge in [0.15, 0.2) is 11.6 Å². The van der Waals surface area contributed by atoms with Crippen LogP contribution in [0.25, 0.3) is 11.1 Å². The highest BCUT2D eigenvalue weighted by atomic mass is 32.2. The minimum atomic E-state index is -3.87. The zero-order chi connectivity index (χ0) is 20.0. The normalized spacial score (nSPS) is 20.1. The highest BCUT2D eigenvalue weighted by Crippen LogP contribution is 2.45. The standard InChI is InChI=1S/C19H17F2NO4S/c1-3-19(2)17(11-4-7-13(8-5-11)27(22,24)25)16(18(23)26-19)12-6-9-14(20)15(21)10-12/h4-10H,3H2,1-2H3,(H2,22,24,25). The van der Waals surface area contributed by atoms with Gasteiger partial charge in [-0.05, 0) is 48.7 Å². The van der Waals surface area contributed by atoms with E-state index in [2.05, 4.69) is 0 Å². The van der Waals surface area contributed by atoms with Crippen molar-refractivity contribution in [2.75, 3.05) is 0 Å². The average Bonchev–Trinajstić information content (AvgIpc) is 2.88. The summed E-state index contributed by atoms with van der Waals surface area (Å²) in [7, 11) is -3.87. The van der Waals surface area contributed by atoms with E-state index in [0.717, 1.165) is 12.1 Å². The fraction of sp³-hybridized carbons (Fsp3) is 0.211. The van der Waals surface area contributed by atoms with Crippen molar-refractivity contribution in [2.45, 2.75) is 30.8 Å². The highest BCUT2D eigenvalue weighted by Gasteiger charge is 2.44. The highest BCUT2D eigenvalue weighted by molar-refractivity contribution is 7.89. The number of nitrogens with two attached hydrogens (primary N) is 1. The summed E-state index contributed by atoms with van der Waals surface area (Å²) in [4.78, 5) is 12.5. The molecule has 1 aliphatic rings. The summed E-state index contributed by atoms with van der Waals surface area (Å²) in [5, 5.41) is 5.12. The number of benzene rings is 2. The van der Waals surface area contributed by atoms with Crippen LogP contribution in [0.3, 0.4) is 0 Å². The lowest BCUT2D eigenvalue weighted by molar-refractivity contribution is -0.143. The first-order valence-electron chi connectivity index (χ1n) is 8.13.